The van der Waals surface area contributed by atoms with Gasteiger partial charge in [0.15, 0.2) is 0 Å². The smallest absolute Gasteiger partial charge is 0.107 e. The highest BCUT2D eigenvalue weighted by atomic mass is 32.1. The SMILES string of the molecule is CCc1cnc(CN2CCC(CN)C2)s1. The summed E-state index contributed by atoms with van der Waals surface area (Å²) in [6, 6.07) is 0. The van der Waals surface area contributed by atoms with Crippen LogP contribution in [-0.2, 0) is 13.0 Å². The van der Waals surface area contributed by atoms with E-state index in [1.54, 1.807) is 0 Å². The summed E-state index contributed by atoms with van der Waals surface area (Å²) < 4.78 is 0. The van der Waals surface area contributed by atoms with Gasteiger partial charge in [0.25, 0.3) is 0 Å². The van der Waals surface area contributed by atoms with Crippen molar-refractivity contribution in [3.63, 3.8) is 0 Å². The topological polar surface area (TPSA) is 42.2 Å². The summed E-state index contributed by atoms with van der Waals surface area (Å²) in [4.78, 5) is 8.30. The Morgan fingerprint density at radius 2 is 2.53 bits per heavy atom. The monoisotopic (exact) mass is 225 g/mol. The second-order valence-electron chi connectivity index (χ2n) is 4.20. The lowest BCUT2D eigenvalue weighted by Crippen LogP contribution is -2.22. The summed E-state index contributed by atoms with van der Waals surface area (Å²) in [5.41, 5.74) is 5.68. The molecule has 2 rings (SSSR count). The Morgan fingerprint density at radius 1 is 1.67 bits per heavy atom. The van der Waals surface area contributed by atoms with Gasteiger partial charge >= 0.3 is 0 Å². The van der Waals surface area contributed by atoms with Crippen LogP contribution in [0.15, 0.2) is 6.20 Å². The Bertz CT molecular complexity index is 311. The lowest BCUT2D eigenvalue weighted by atomic mass is 10.1. The molecule has 1 fully saturated rings. The van der Waals surface area contributed by atoms with E-state index in [9.17, 15) is 0 Å². The maximum atomic E-state index is 5.68. The van der Waals surface area contributed by atoms with Gasteiger partial charge in [0.1, 0.15) is 5.01 Å². The van der Waals surface area contributed by atoms with E-state index < -0.39 is 0 Å². The van der Waals surface area contributed by atoms with Gasteiger partial charge in [0, 0.05) is 17.6 Å². The molecule has 1 aromatic rings. The van der Waals surface area contributed by atoms with E-state index in [-0.39, 0.29) is 0 Å². The lowest BCUT2D eigenvalue weighted by Gasteiger charge is -2.13. The maximum Gasteiger partial charge on any atom is 0.107 e. The molecule has 0 radical (unpaired) electrons. The Morgan fingerprint density at radius 3 is 3.13 bits per heavy atom. The molecule has 0 amide bonds. The fraction of sp³-hybridized carbons (Fsp3) is 0.727. The van der Waals surface area contributed by atoms with Gasteiger partial charge in [0.2, 0.25) is 0 Å². The van der Waals surface area contributed by atoms with Crippen LogP contribution in [0, 0.1) is 5.92 Å². The Kier molecular flexibility index (Phi) is 3.72. The fourth-order valence-electron chi connectivity index (χ4n) is 2.02. The molecule has 3 nitrogen and oxygen atoms in total. The van der Waals surface area contributed by atoms with Crippen LogP contribution in [-0.4, -0.2) is 29.5 Å². The summed E-state index contributed by atoms with van der Waals surface area (Å²) in [6.07, 6.45) is 4.36. The first-order chi connectivity index (χ1) is 7.31. The maximum absolute atomic E-state index is 5.68. The van der Waals surface area contributed by atoms with Crippen LogP contribution < -0.4 is 5.73 Å². The van der Waals surface area contributed by atoms with Crippen molar-refractivity contribution in [2.45, 2.75) is 26.3 Å². The number of nitrogens with two attached hydrogens (primary N) is 1. The van der Waals surface area contributed by atoms with Crippen molar-refractivity contribution in [1.82, 2.24) is 9.88 Å². The van der Waals surface area contributed by atoms with E-state index in [2.05, 4.69) is 16.8 Å². The average Bonchev–Trinajstić information content (AvgIpc) is 2.87. The molecule has 0 saturated carbocycles. The molecule has 2 N–H and O–H groups in total. The van der Waals surface area contributed by atoms with Crippen LogP contribution in [0.2, 0.25) is 0 Å². The van der Waals surface area contributed by atoms with E-state index in [1.165, 1.54) is 22.9 Å². The number of nitrogens with zero attached hydrogens (tertiary/aromatic N) is 2. The van der Waals surface area contributed by atoms with Crippen LogP contribution in [0.5, 0.6) is 0 Å². The second-order valence-corrected chi connectivity index (χ2v) is 5.40. The molecular formula is C11H19N3S. The van der Waals surface area contributed by atoms with Crippen LogP contribution in [0.1, 0.15) is 23.2 Å². The number of hydrogen-bond acceptors (Lipinski definition) is 4. The van der Waals surface area contributed by atoms with Gasteiger partial charge in [-0.15, -0.1) is 11.3 Å². The highest BCUT2D eigenvalue weighted by molar-refractivity contribution is 7.11. The average molecular weight is 225 g/mol. The molecule has 0 bridgehead atoms. The van der Waals surface area contributed by atoms with Crippen molar-refractivity contribution in [3.05, 3.63) is 16.1 Å². The minimum Gasteiger partial charge on any atom is -0.330 e. The van der Waals surface area contributed by atoms with Gasteiger partial charge in [0.05, 0.1) is 6.54 Å². The summed E-state index contributed by atoms with van der Waals surface area (Å²) >= 11 is 1.84. The minimum absolute atomic E-state index is 0.704. The molecule has 1 aliphatic heterocycles. The first-order valence-electron chi connectivity index (χ1n) is 5.67. The molecule has 1 aromatic heterocycles. The molecular weight excluding hydrogens is 206 g/mol. The standard InChI is InChI=1S/C11H19N3S/c1-2-10-6-13-11(15-10)8-14-4-3-9(5-12)7-14/h6,9H,2-5,7-8,12H2,1H3. The zero-order valence-corrected chi connectivity index (χ0v) is 10.1. The van der Waals surface area contributed by atoms with Gasteiger partial charge in [-0.3, -0.25) is 4.90 Å². The fourth-order valence-corrected chi connectivity index (χ4v) is 2.93. The van der Waals surface area contributed by atoms with E-state index in [0.717, 1.165) is 26.1 Å². The third-order valence-corrected chi connectivity index (χ3v) is 4.14. The lowest BCUT2D eigenvalue weighted by molar-refractivity contribution is 0.317. The van der Waals surface area contributed by atoms with Gasteiger partial charge in [-0.1, -0.05) is 6.92 Å². The molecule has 0 aliphatic carbocycles. The number of aromatic nitrogens is 1. The van der Waals surface area contributed by atoms with Crippen LogP contribution in [0.3, 0.4) is 0 Å². The van der Waals surface area contributed by atoms with E-state index in [0.29, 0.717) is 5.92 Å². The quantitative estimate of drug-likeness (QED) is 0.844. The largest absolute Gasteiger partial charge is 0.330 e. The molecule has 4 heteroatoms. The summed E-state index contributed by atoms with van der Waals surface area (Å²) in [7, 11) is 0. The Labute approximate surface area is 95.3 Å². The number of aryl methyl sites for hydroxylation is 1. The van der Waals surface area contributed by atoms with Gasteiger partial charge in [-0.2, -0.15) is 0 Å². The van der Waals surface area contributed by atoms with Crippen molar-refractivity contribution in [2.24, 2.45) is 11.7 Å². The predicted molar refractivity (Wildman–Crippen MR) is 63.9 cm³/mol. The van der Waals surface area contributed by atoms with Crippen LogP contribution in [0.4, 0.5) is 0 Å². The number of thiazole rings is 1. The predicted octanol–water partition coefficient (Wildman–Crippen LogP) is 1.49. The van der Waals surface area contributed by atoms with E-state index in [4.69, 9.17) is 5.73 Å². The number of hydrogen-bond donors (Lipinski definition) is 1. The van der Waals surface area contributed by atoms with Crippen molar-refractivity contribution in [1.29, 1.82) is 0 Å². The third-order valence-electron chi connectivity index (χ3n) is 3.01. The Balaban J connectivity index is 1.87. The minimum atomic E-state index is 0.704. The van der Waals surface area contributed by atoms with E-state index >= 15 is 0 Å². The molecule has 0 aromatic carbocycles. The van der Waals surface area contributed by atoms with Gasteiger partial charge in [-0.05, 0) is 31.8 Å². The summed E-state index contributed by atoms with van der Waals surface area (Å²) in [5, 5.41) is 1.25. The summed E-state index contributed by atoms with van der Waals surface area (Å²) in [6.45, 7) is 6.35. The Hall–Kier alpha value is -0.450. The van der Waals surface area contributed by atoms with Gasteiger partial charge in [-0.25, -0.2) is 4.98 Å². The number of rotatable bonds is 4. The normalized spacial score (nSPS) is 22.4. The van der Waals surface area contributed by atoms with Gasteiger partial charge < -0.3 is 5.73 Å². The zero-order valence-electron chi connectivity index (χ0n) is 9.28. The third kappa shape index (κ3) is 2.77. The van der Waals surface area contributed by atoms with Crippen molar-refractivity contribution in [2.75, 3.05) is 19.6 Å². The van der Waals surface area contributed by atoms with Crippen LogP contribution >= 0.6 is 11.3 Å². The van der Waals surface area contributed by atoms with Crippen molar-refractivity contribution in [3.8, 4) is 0 Å². The highest BCUT2D eigenvalue weighted by Crippen LogP contribution is 2.20. The highest BCUT2D eigenvalue weighted by Gasteiger charge is 2.21. The molecule has 84 valence electrons. The van der Waals surface area contributed by atoms with Crippen LogP contribution in [0.25, 0.3) is 0 Å². The first kappa shape index (κ1) is 11.0. The van der Waals surface area contributed by atoms with Crippen molar-refractivity contribution < 1.29 is 0 Å². The second kappa shape index (κ2) is 5.05. The number of likely N-dealkylation sites (tertiary alicyclic amines) is 1. The molecule has 0 spiro atoms. The molecule has 1 unspecified atom stereocenters. The molecule has 15 heavy (non-hydrogen) atoms. The summed E-state index contributed by atoms with van der Waals surface area (Å²) in [5.74, 6) is 0.704. The first-order valence-corrected chi connectivity index (χ1v) is 6.49. The molecule has 2 heterocycles. The molecule has 1 saturated heterocycles. The molecule has 1 aliphatic rings. The zero-order chi connectivity index (χ0) is 10.7. The van der Waals surface area contributed by atoms with Crippen molar-refractivity contribution >= 4 is 11.3 Å². The molecule has 1 atom stereocenters. The van der Waals surface area contributed by atoms with E-state index in [1.807, 2.05) is 17.5 Å².